The number of aliphatic hydroxyl groups is 1. The first-order chi connectivity index (χ1) is 13.7. The molecule has 3 rings (SSSR count). The summed E-state index contributed by atoms with van der Waals surface area (Å²) in [6.07, 6.45) is 2.93. The third-order valence-corrected chi connectivity index (χ3v) is 4.41. The largest absolute Gasteiger partial charge is 0.694 e. The first kappa shape index (κ1) is 31.3. The van der Waals surface area contributed by atoms with Crippen molar-refractivity contribution >= 4 is 42.2 Å². The van der Waals surface area contributed by atoms with Gasteiger partial charge in [0.1, 0.15) is 18.5 Å². The topological polar surface area (TPSA) is 294 Å². The van der Waals surface area contributed by atoms with Gasteiger partial charge in [-0.3, -0.25) is 0 Å². The van der Waals surface area contributed by atoms with Gasteiger partial charge >= 0.3 is 25.2 Å². The minimum absolute atomic E-state index is 0. The van der Waals surface area contributed by atoms with Crippen LogP contribution in [0.2, 0.25) is 0 Å². The van der Waals surface area contributed by atoms with Crippen LogP contribution in [0.5, 0.6) is 0 Å². The van der Waals surface area contributed by atoms with Crippen molar-refractivity contribution in [3.05, 3.63) is 24.8 Å². The van der Waals surface area contributed by atoms with Gasteiger partial charge in [-0.2, -0.15) is 0 Å². The third kappa shape index (κ3) is 8.26. The van der Waals surface area contributed by atoms with Gasteiger partial charge < -0.3 is 31.3 Å². The normalized spacial score (nSPS) is 19.5. The summed E-state index contributed by atoms with van der Waals surface area (Å²) in [4.78, 5) is 42.2. The van der Waals surface area contributed by atoms with Crippen LogP contribution in [0.1, 0.15) is 6.04 Å². The number of fused-ring (bicyclic) bond motifs is 1. The summed E-state index contributed by atoms with van der Waals surface area (Å²) in [7, 11) is -6.37. The molecule has 2 aromatic rings. The molecule has 1 saturated carbocycles. The van der Waals surface area contributed by atoms with E-state index in [0.717, 1.165) is 5.57 Å². The van der Waals surface area contributed by atoms with Crippen molar-refractivity contribution in [1.29, 1.82) is 0 Å². The molecule has 19 heteroatoms. The van der Waals surface area contributed by atoms with Gasteiger partial charge in [-0.05, 0) is 5.57 Å². The van der Waals surface area contributed by atoms with Gasteiger partial charge in [0, 0.05) is 27.6 Å². The lowest BCUT2D eigenvalue weighted by Crippen LogP contribution is -2.44. The van der Waals surface area contributed by atoms with E-state index in [4.69, 9.17) is 39.0 Å². The predicted molar refractivity (Wildman–Crippen MR) is 107 cm³/mol. The van der Waals surface area contributed by atoms with Gasteiger partial charge in [0.2, 0.25) is 0 Å². The highest BCUT2D eigenvalue weighted by Crippen LogP contribution is 2.49. The van der Waals surface area contributed by atoms with Gasteiger partial charge in [-0.25, -0.2) is 19.5 Å². The van der Waals surface area contributed by atoms with E-state index < -0.39 is 25.2 Å². The van der Waals surface area contributed by atoms with Crippen molar-refractivity contribution in [1.82, 2.24) is 19.5 Å². The number of aliphatic hydroxyl groups excluding tert-OH is 1. The van der Waals surface area contributed by atoms with E-state index in [2.05, 4.69) is 21.5 Å². The lowest BCUT2D eigenvalue weighted by atomic mass is 9.66. The van der Waals surface area contributed by atoms with Crippen LogP contribution < -0.4 is 5.73 Å². The summed E-state index contributed by atoms with van der Waals surface area (Å²) in [5.41, 5.74) is 7.60. The van der Waals surface area contributed by atoms with E-state index in [1.807, 2.05) is 0 Å². The predicted octanol–water partition coefficient (Wildman–Crippen LogP) is -1.43. The molecule has 0 amide bonds. The number of imidazole rings is 1. The molecule has 2 aromatic heterocycles. The molecule has 0 saturated heterocycles. The fourth-order valence-electron chi connectivity index (χ4n) is 2.93. The number of hydrogen-bond donors (Lipinski definition) is 6. The Morgan fingerprint density at radius 1 is 1.23 bits per heavy atom. The Hall–Kier alpha value is -1.93. The van der Waals surface area contributed by atoms with Crippen molar-refractivity contribution in [2.75, 3.05) is 18.9 Å². The Morgan fingerprint density at radius 3 is 2.26 bits per heavy atom. The van der Waals surface area contributed by atoms with E-state index in [0.29, 0.717) is 11.2 Å². The third-order valence-electron chi connectivity index (χ3n) is 4.04. The highest BCUT2D eigenvalue weighted by atomic mass is 31.1. The smallest absolute Gasteiger partial charge is 0.412 e. The van der Waals surface area contributed by atoms with Crippen LogP contribution >= 0.6 is 25.2 Å². The first-order valence-electron chi connectivity index (χ1n) is 7.52. The van der Waals surface area contributed by atoms with E-state index in [9.17, 15) is 9.67 Å². The van der Waals surface area contributed by atoms with E-state index in [1.54, 1.807) is 10.9 Å². The zero-order valence-corrected chi connectivity index (χ0v) is 18.3. The fourth-order valence-corrected chi connectivity index (χ4v) is 3.22. The molecule has 16 nitrogen and oxygen atoms in total. The van der Waals surface area contributed by atoms with Gasteiger partial charge in [0.25, 0.3) is 0 Å². The quantitative estimate of drug-likeness (QED) is 0.201. The van der Waals surface area contributed by atoms with Crippen molar-refractivity contribution in [2.45, 2.75) is 6.04 Å². The summed E-state index contributed by atoms with van der Waals surface area (Å²) in [6.45, 7) is 3.92. The average molecular weight is 505 g/mol. The first-order valence-corrected chi connectivity index (χ1v) is 10.6. The molecule has 1 unspecified atom stereocenters. The molecule has 31 heavy (non-hydrogen) atoms. The number of aromatic nitrogens is 4. The van der Waals surface area contributed by atoms with Gasteiger partial charge in [0.05, 0.1) is 12.4 Å². The lowest BCUT2D eigenvalue weighted by Gasteiger charge is -2.45. The summed E-state index contributed by atoms with van der Waals surface area (Å²) in [6, 6.07) is -0.213. The van der Waals surface area contributed by atoms with Gasteiger partial charge in [0.15, 0.2) is 11.5 Å². The maximum atomic E-state index is 10.7. The molecule has 0 aliphatic heterocycles. The van der Waals surface area contributed by atoms with E-state index in [-0.39, 0.29) is 47.9 Å². The molecule has 2 heterocycles. The molecule has 1 aliphatic rings. The second-order valence-corrected chi connectivity index (χ2v) is 6.83. The van der Waals surface area contributed by atoms with Crippen LogP contribution in [0.3, 0.4) is 0 Å². The van der Waals surface area contributed by atoms with Gasteiger partial charge in [-0.1, -0.05) is 6.58 Å². The summed E-state index contributed by atoms with van der Waals surface area (Å²) in [5, 5.41) is 9.61. The molecule has 0 radical (unpaired) electrons. The molecule has 1 fully saturated rings. The Kier molecular flexibility index (Phi) is 15.1. The maximum Gasteiger partial charge on any atom is 0.694 e. The monoisotopic (exact) mass is 505 g/mol. The minimum atomic E-state index is -2.87. The molecule has 11 N–H and O–H groups in total. The van der Waals surface area contributed by atoms with Crippen LogP contribution in [0.25, 0.3) is 11.2 Å². The SMILES string of the molecule is C=C1[C@@H](n2cnc3c(N)ncnc32)[C@H](CO)[C@H]1CO[P+](=O)O.O.O.O=PO.O=[P+](O)O. The highest BCUT2D eigenvalue weighted by Gasteiger charge is 2.47. The zero-order chi connectivity index (χ0) is 22.1. The Morgan fingerprint density at radius 2 is 1.77 bits per heavy atom. The molecule has 0 aromatic carbocycles. The van der Waals surface area contributed by atoms with Crippen molar-refractivity contribution in [3.8, 4) is 0 Å². The Labute approximate surface area is 177 Å². The molecular formula is C12H22N5O11P3+2. The van der Waals surface area contributed by atoms with Crippen LogP contribution in [0.4, 0.5) is 5.82 Å². The van der Waals surface area contributed by atoms with Crippen molar-refractivity contribution < 1.29 is 53.9 Å². The van der Waals surface area contributed by atoms with Crippen LogP contribution in [0.15, 0.2) is 24.8 Å². The maximum absolute atomic E-state index is 10.7. The fraction of sp³-hybridized carbons (Fsp3) is 0.417. The number of rotatable bonds is 5. The van der Waals surface area contributed by atoms with Gasteiger partial charge in [-0.15, -0.1) is 19.2 Å². The van der Waals surface area contributed by atoms with Crippen LogP contribution in [-0.2, 0) is 18.2 Å². The number of hydrogen-bond acceptors (Lipinski definition) is 9. The Balaban J connectivity index is 0. The molecule has 1 aliphatic carbocycles. The molecule has 0 spiro atoms. The second kappa shape index (κ2) is 15.0. The molecular weight excluding hydrogens is 483 g/mol. The van der Waals surface area contributed by atoms with Crippen molar-refractivity contribution in [2.24, 2.45) is 11.8 Å². The highest BCUT2D eigenvalue weighted by molar-refractivity contribution is 7.32. The molecule has 0 bridgehead atoms. The molecule has 4 atom stereocenters. The zero-order valence-electron chi connectivity index (χ0n) is 15.6. The molecule has 174 valence electrons. The number of nitrogens with two attached hydrogens (primary N) is 1. The Bertz CT molecular complexity index is 894. The van der Waals surface area contributed by atoms with Crippen molar-refractivity contribution in [3.63, 3.8) is 0 Å². The summed E-state index contributed by atoms with van der Waals surface area (Å²) >= 11 is 0. The summed E-state index contributed by atoms with van der Waals surface area (Å²) < 4.78 is 34.3. The lowest BCUT2D eigenvalue weighted by molar-refractivity contribution is 0.0597. The number of nitrogens with zero attached hydrogens (tertiary/aromatic N) is 4. The van der Waals surface area contributed by atoms with E-state index >= 15 is 0 Å². The second-order valence-electron chi connectivity index (χ2n) is 5.42. The van der Waals surface area contributed by atoms with Crippen LogP contribution in [0, 0.1) is 11.8 Å². The number of nitrogen functional groups attached to an aromatic ring is 1. The standard InChI is InChI=1S/C12H14N5O4P.HO3P.HO2P.2H2O/c1-6-8(3-21-22(19)20)7(2-18)10(6)17-5-16-9-11(13)14-4-15-12(9)17;1-4(2)3;1-3-2;;/h4-5,7-8,10,18H,1-3H2,(H2-,13,14,15,19,20);(H-,1,2,3);(H,1,2);2*1H2/p+2/t7-,8+,10-;;;;/m1..../s1. The van der Waals surface area contributed by atoms with Crippen LogP contribution in [-0.4, -0.2) is 68.4 Å². The average Bonchev–Trinajstić information content (AvgIpc) is 3.04. The minimum Gasteiger partial charge on any atom is -0.412 e. The number of anilines is 1. The summed E-state index contributed by atoms with van der Waals surface area (Å²) in [5.74, 6) is -0.111. The van der Waals surface area contributed by atoms with E-state index in [1.165, 1.54) is 6.33 Å².